The van der Waals surface area contributed by atoms with Crippen LogP contribution in [0, 0.1) is 0 Å². The minimum absolute atomic E-state index is 0.0698. The second-order valence-electron chi connectivity index (χ2n) is 6.78. The second-order valence-corrected chi connectivity index (χ2v) is 7.70. The van der Waals surface area contributed by atoms with Crippen LogP contribution < -0.4 is 10.6 Å². The molecule has 4 rings (SSSR count). The minimum atomic E-state index is -0.0698. The maximum atomic E-state index is 12.6. The molecule has 1 aliphatic heterocycles. The molecular formula is C18H21BrN4O. The van der Waals surface area contributed by atoms with Gasteiger partial charge in [-0.3, -0.25) is 9.89 Å². The van der Waals surface area contributed by atoms with E-state index >= 15 is 0 Å². The van der Waals surface area contributed by atoms with Crippen molar-refractivity contribution < 1.29 is 4.79 Å². The van der Waals surface area contributed by atoms with Crippen LogP contribution in [0.2, 0.25) is 0 Å². The van der Waals surface area contributed by atoms with Crippen LogP contribution >= 0.6 is 15.9 Å². The van der Waals surface area contributed by atoms with Crippen LogP contribution in [0.1, 0.15) is 46.6 Å². The number of nitrogens with one attached hydrogen (secondary N) is 3. The predicted molar refractivity (Wildman–Crippen MR) is 96.0 cm³/mol. The lowest BCUT2D eigenvalue weighted by Gasteiger charge is -2.42. The summed E-state index contributed by atoms with van der Waals surface area (Å²) in [7, 11) is 0. The number of carbonyl (C=O) groups excluding carboxylic acids is 1. The van der Waals surface area contributed by atoms with E-state index < -0.39 is 0 Å². The van der Waals surface area contributed by atoms with Gasteiger partial charge in [0.15, 0.2) is 5.69 Å². The Labute approximate surface area is 149 Å². The van der Waals surface area contributed by atoms with Gasteiger partial charge in [-0.15, -0.1) is 0 Å². The molecule has 0 atom stereocenters. The number of nitrogens with zero attached hydrogens (tertiary/aromatic N) is 1. The second kappa shape index (κ2) is 6.33. The first-order valence-electron chi connectivity index (χ1n) is 8.49. The molecule has 126 valence electrons. The Kier molecular flexibility index (Phi) is 4.18. The highest BCUT2D eigenvalue weighted by molar-refractivity contribution is 9.10. The minimum Gasteiger partial charge on any atom is -0.350 e. The molecular weight excluding hydrogens is 368 g/mol. The molecule has 2 aliphatic rings. The molecule has 0 spiro atoms. The Morgan fingerprint density at radius 3 is 2.79 bits per heavy atom. The van der Waals surface area contributed by atoms with Gasteiger partial charge in [0.25, 0.3) is 5.91 Å². The van der Waals surface area contributed by atoms with Gasteiger partial charge >= 0.3 is 0 Å². The molecule has 24 heavy (non-hydrogen) atoms. The Morgan fingerprint density at radius 2 is 2.08 bits per heavy atom. The van der Waals surface area contributed by atoms with Crippen molar-refractivity contribution in [3.05, 3.63) is 51.3 Å². The molecule has 0 saturated heterocycles. The number of fused-ring (bicyclic) bond motifs is 1. The molecule has 6 heteroatoms. The van der Waals surface area contributed by atoms with Crippen molar-refractivity contribution in [3.8, 4) is 0 Å². The Balaban J connectivity index is 1.48. The molecule has 2 heterocycles. The number of carbonyl (C=O) groups is 1. The molecule has 1 aliphatic carbocycles. The van der Waals surface area contributed by atoms with Crippen LogP contribution in [0.15, 0.2) is 28.7 Å². The van der Waals surface area contributed by atoms with Gasteiger partial charge < -0.3 is 10.6 Å². The van der Waals surface area contributed by atoms with Gasteiger partial charge in [0, 0.05) is 47.2 Å². The zero-order chi connectivity index (χ0) is 16.6. The van der Waals surface area contributed by atoms with Gasteiger partial charge in [0.2, 0.25) is 0 Å². The van der Waals surface area contributed by atoms with Gasteiger partial charge in [-0.1, -0.05) is 34.5 Å². The maximum Gasteiger partial charge on any atom is 0.272 e. The van der Waals surface area contributed by atoms with E-state index in [1.807, 2.05) is 0 Å². The fourth-order valence-electron chi connectivity index (χ4n) is 3.72. The summed E-state index contributed by atoms with van der Waals surface area (Å²) in [5.74, 6) is -0.0698. The molecule has 1 amide bonds. The summed E-state index contributed by atoms with van der Waals surface area (Å²) in [4.78, 5) is 12.6. The summed E-state index contributed by atoms with van der Waals surface area (Å²) in [5.41, 5.74) is 4.03. The van der Waals surface area contributed by atoms with Crippen molar-refractivity contribution in [3.63, 3.8) is 0 Å². The lowest BCUT2D eigenvalue weighted by molar-refractivity contribution is 0.0921. The zero-order valence-electron chi connectivity index (χ0n) is 13.5. The lowest BCUT2D eigenvalue weighted by Crippen LogP contribution is -2.45. The fourth-order valence-corrected chi connectivity index (χ4v) is 3.99. The molecule has 1 saturated carbocycles. The molecule has 5 nitrogen and oxygen atoms in total. The smallest absolute Gasteiger partial charge is 0.272 e. The monoisotopic (exact) mass is 388 g/mol. The Hall–Kier alpha value is -1.66. The van der Waals surface area contributed by atoms with E-state index in [0.29, 0.717) is 18.8 Å². The van der Waals surface area contributed by atoms with E-state index in [1.54, 1.807) is 0 Å². The molecule has 0 radical (unpaired) electrons. The molecule has 1 fully saturated rings. The number of aromatic nitrogens is 2. The predicted octanol–water partition coefficient (Wildman–Crippen LogP) is 2.67. The molecule has 3 N–H and O–H groups in total. The number of H-pyrrole nitrogens is 1. The average Bonchev–Trinajstić information content (AvgIpc) is 2.99. The molecule has 0 unspecified atom stereocenters. The third-order valence-corrected chi connectivity index (χ3v) is 5.90. The van der Waals surface area contributed by atoms with E-state index in [1.165, 1.54) is 12.0 Å². The number of hydrogen-bond acceptors (Lipinski definition) is 3. The van der Waals surface area contributed by atoms with Crippen molar-refractivity contribution >= 4 is 21.8 Å². The zero-order valence-corrected chi connectivity index (χ0v) is 15.1. The van der Waals surface area contributed by atoms with Crippen molar-refractivity contribution in [1.29, 1.82) is 0 Å². The molecule has 1 aromatic carbocycles. The number of amides is 1. The van der Waals surface area contributed by atoms with Gasteiger partial charge in [0.05, 0.1) is 0 Å². The average molecular weight is 389 g/mol. The van der Waals surface area contributed by atoms with E-state index in [-0.39, 0.29) is 11.3 Å². The summed E-state index contributed by atoms with van der Waals surface area (Å²) in [6, 6.07) is 8.48. The SMILES string of the molecule is O=C(NCC1(c2ccc(Br)cc2)CCC1)c1n[nH]c2c1CNCC2. The summed E-state index contributed by atoms with van der Waals surface area (Å²) in [6.45, 7) is 2.32. The summed E-state index contributed by atoms with van der Waals surface area (Å²) in [5, 5.41) is 13.7. The number of benzene rings is 1. The van der Waals surface area contributed by atoms with Crippen LogP contribution in [-0.4, -0.2) is 29.2 Å². The quantitative estimate of drug-likeness (QED) is 0.753. The highest BCUT2D eigenvalue weighted by Gasteiger charge is 2.39. The van der Waals surface area contributed by atoms with E-state index in [9.17, 15) is 4.79 Å². The topological polar surface area (TPSA) is 69.8 Å². The van der Waals surface area contributed by atoms with Crippen LogP contribution in [-0.2, 0) is 18.4 Å². The van der Waals surface area contributed by atoms with Gasteiger partial charge in [-0.25, -0.2) is 0 Å². The van der Waals surface area contributed by atoms with Gasteiger partial charge in [0.1, 0.15) is 0 Å². The normalized spacial score (nSPS) is 18.5. The Morgan fingerprint density at radius 1 is 1.29 bits per heavy atom. The summed E-state index contributed by atoms with van der Waals surface area (Å²) >= 11 is 3.49. The van der Waals surface area contributed by atoms with Crippen LogP contribution in [0.4, 0.5) is 0 Å². The van der Waals surface area contributed by atoms with Crippen molar-refractivity contribution in [2.75, 3.05) is 13.1 Å². The van der Waals surface area contributed by atoms with E-state index in [4.69, 9.17) is 0 Å². The molecule has 0 bridgehead atoms. The molecule has 1 aromatic heterocycles. The largest absolute Gasteiger partial charge is 0.350 e. The van der Waals surface area contributed by atoms with E-state index in [2.05, 4.69) is 61.0 Å². The van der Waals surface area contributed by atoms with Crippen molar-refractivity contribution in [1.82, 2.24) is 20.8 Å². The molecule has 2 aromatic rings. The Bertz CT molecular complexity index is 749. The fraction of sp³-hybridized carbons (Fsp3) is 0.444. The number of rotatable bonds is 4. The third kappa shape index (κ3) is 2.78. The highest BCUT2D eigenvalue weighted by Crippen LogP contribution is 2.43. The van der Waals surface area contributed by atoms with Gasteiger partial charge in [-0.2, -0.15) is 5.10 Å². The van der Waals surface area contributed by atoms with E-state index in [0.717, 1.165) is 41.5 Å². The number of halogens is 1. The first-order chi connectivity index (χ1) is 11.7. The third-order valence-electron chi connectivity index (χ3n) is 5.38. The summed E-state index contributed by atoms with van der Waals surface area (Å²) < 4.78 is 1.08. The highest BCUT2D eigenvalue weighted by atomic mass is 79.9. The first-order valence-corrected chi connectivity index (χ1v) is 9.28. The standard InChI is InChI=1S/C18H21BrN4O/c19-13-4-2-12(3-5-13)18(7-1-8-18)11-21-17(24)16-14-10-20-9-6-15(14)22-23-16/h2-5,20H,1,6-11H2,(H,21,24)(H,22,23). The van der Waals surface area contributed by atoms with Crippen molar-refractivity contribution in [2.45, 2.75) is 37.6 Å². The van der Waals surface area contributed by atoms with Crippen molar-refractivity contribution in [2.24, 2.45) is 0 Å². The van der Waals surface area contributed by atoms with Crippen LogP contribution in [0.5, 0.6) is 0 Å². The lowest BCUT2D eigenvalue weighted by atomic mass is 9.64. The van der Waals surface area contributed by atoms with Gasteiger partial charge in [-0.05, 0) is 30.5 Å². The summed E-state index contributed by atoms with van der Waals surface area (Å²) in [6.07, 6.45) is 4.36. The van der Waals surface area contributed by atoms with Crippen LogP contribution in [0.3, 0.4) is 0 Å². The number of hydrogen-bond donors (Lipinski definition) is 3. The number of aromatic amines is 1. The first kappa shape index (κ1) is 15.8. The van der Waals surface area contributed by atoms with Crippen LogP contribution in [0.25, 0.3) is 0 Å². The maximum absolute atomic E-state index is 12.6.